The molecule has 2 aromatic carbocycles. The summed E-state index contributed by atoms with van der Waals surface area (Å²) in [4.78, 5) is 27.0. The van der Waals surface area contributed by atoms with E-state index in [9.17, 15) is 18.0 Å². The highest BCUT2D eigenvalue weighted by Gasteiger charge is 2.33. The third kappa shape index (κ3) is 4.44. The fourth-order valence-electron chi connectivity index (χ4n) is 4.87. The van der Waals surface area contributed by atoms with Gasteiger partial charge < -0.3 is 9.47 Å². The van der Waals surface area contributed by atoms with Crippen molar-refractivity contribution in [3.8, 4) is 16.9 Å². The van der Waals surface area contributed by atoms with Crippen LogP contribution in [0, 0.1) is 6.92 Å². The highest BCUT2D eigenvalue weighted by molar-refractivity contribution is 7.89. The summed E-state index contributed by atoms with van der Waals surface area (Å²) < 4.78 is 25.4. The van der Waals surface area contributed by atoms with Crippen LogP contribution in [0.1, 0.15) is 62.2 Å². The van der Waals surface area contributed by atoms with Gasteiger partial charge in [0.25, 0.3) is 0 Å². The molecular weight excluding hydrogens is 462 g/mol. The third-order valence-corrected chi connectivity index (χ3v) is 7.88. The summed E-state index contributed by atoms with van der Waals surface area (Å²) in [7, 11) is -3.82. The number of hydrogen-bond donors (Lipinski definition) is 1. The highest BCUT2D eigenvalue weighted by Crippen LogP contribution is 2.42. The van der Waals surface area contributed by atoms with Gasteiger partial charge in [-0.25, -0.2) is 13.6 Å². The number of carbonyl (C=O) groups is 2. The quantitative estimate of drug-likeness (QED) is 0.519. The van der Waals surface area contributed by atoms with E-state index in [4.69, 9.17) is 5.14 Å². The van der Waals surface area contributed by atoms with Crippen LogP contribution in [-0.2, 0) is 20.2 Å². The van der Waals surface area contributed by atoms with Crippen molar-refractivity contribution in [3.05, 3.63) is 65.4 Å². The van der Waals surface area contributed by atoms with Crippen LogP contribution in [0.25, 0.3) is 16.9 Å². The summed E-state index contributed by atoms with van der Waals surface area (Å²) in [6.07, 6.45) is 1.24. The molecule has 0 atom stereocenters. The first-order valence-electron chi connectivity index (χ1n) is 11.7. The van der Waals surface area contributed by atoms with Gasteiger partial charge in [-0.15, -0.1) is 0 Å². The lowest BCUT2D eigenvalue weighted by atomic mass is 9.77. The van der Waals surface area contributed by atoms with Gasteiger partial charge in [-0.2, -0.15) is 0 Å². The van der Waals surface area contributed by atoms with Crippen LogP contribution >= 0.6 is 0 Å². The molecule has 2 heterocycles. The number of Topliss-reactive ketones (excluding diaryl/α,β-unsaturated/α-hetero) is 1. The van der Waals surface area contributed by atoms with Crippen molar-refractivity contribution in [2.24, 2.45) is 5.14 Å². The van der Waals surface area contributed by atoms with Gasteiger partial charge in [-0.1, -0.05) is 32.9 Å². The summed E-state index contributed by atoms with van der Waals surface area (Å²) in [5, 5.41) is 5.27. The molecule has 184 valence electrons. The summed E-state index contributed by atoms with van der Waals surface area (Å²) in [6, 6.07) is 14.3. The molecule has 0 saturated carbocycles. The average molecular weight is 494 g/mol. The van der Waals surface area contributed by atoms with E-state index in [0.717, 1.165) is 34.6 Å². The number of rotatable bonds is 5. The molecule has 1 aliphatic heterocycles. The van der Waals surface area contributed by atoms with Gasteiger partial charge in [0.1, 0.15) is 0 Å². The number of anilines is 1. The molecule has 0 unspecified atom stereocenters. The first-order valence-corrected chi connectivity index (χ1v) is 13.2. The number of amides is 1. The monoisotopic (exact) mass is 493 g/mol. The minimum Gasteiger partial charge on any atom is -0.313 e. The van der Waals surface area contributed by atoms with E-state index in [-0.39, 0.29) is 22.0 Å². The number of hydrogen-bond acceptors (Lipinski definition) is 4. The van der Waals surface area contributed by atoms with E-state index in [0.29, 0.717) is 24.2 Å². The zero-order valence-corrected chi connectivity index (χ0v) is 21.6. The minimum absolute atomic E-state index is 0.00843. The molecular formula is C27H31N3O4S. The van der Waals surface area contributed by atoms with Crippen molar-refractivity contribution in [2.75, 3.05) is 11.4 Å². The topological polar surface area (TPSA) is 102 Å². The van der Waals surface area contributed by atoms with Crippen molar-refractivity contribution in [1.82, 2.24) is 4.57 Å². The third-order valence-electron chi connectivity index (χ3n) is 6.95. The molecule has 8 heteroatoms. The molecule has 0 saturated heterocycles. The van der Waals surface area contributed by atoms with E-state index in [1.807, 2.05) is 41.5 Å². The van der Waals surface area contributed by atoms with Gasteiger partial charge in [0, 0.05) is 48.1 Å². The first-order chi connectivity index (χ1) is 16.3. The predicted molar refractivity (Wildman–Crippen MR) is 138 cm³/mol. The van der Waals surface area contributed by atoms with Gasteiger partial charge in [-0.3, -0.25) is 9.59 Å². The van der Waals surface area contributed by atoms with Gasteiger partial charge in [0.2, 0.25) is 15.9 Å². The van der Waals surface area contributed by atoms with E-state index >= 15 is 0 Å². The summed E-state index contributed by atoms with van der Waals surface area (Å²) in [5.41, 5.74) is 5.66. The van der Waals surface area contributed by atoms with Crippen LogP contribution in [0.3, 0.4) is 0 Å². The highest BCUT2D eigenvalue weighted by atomic mass is 32.2. The molecule has 0 aliphatic carbocycles. The lowest BCUT2D eigenvalue weighted by molar-refractivity contribution is -0.116. The molecule has 1 amide bonds. The fourth-order valence-corrected chi connectivity index (χ4v) is 5.39. The Bertz CT molecular complexity index is 1430. The molecule has 0 bridgehead atoms. The van der Waals surface area contributed by atoms with Crippen molar-refractivity contribution in [1.29, 1.82) is 0 Å². The number of sulfonamides is 1. The van der Waals surface area contributed by atoms with Crippen molar-refractivity contribution in [3.63, 3.8) is 0 Å². The van der Waals surface area contributed by atoms with Crippen LogP contribution in [0.2, 0.25) is 0 Å². The molecule has 0 spiro atoms. The zero-order valence-electron chi connectivity index (χ0n) is 20.8. The SMILES string of the molecule is CCC(=O)c1cc(-c2ccc3c(c2)N(C(C)=O)CCC3(C)C)n(-c2ccc(S(N)(=O)=O)cc2)c1C. The molecule has 35 heavy (non-hydrogen) atoms. The molecule has 7 nitrogen and oxygen atoms in total. The van der Waals surface area contributed by atoms with E-state index in [2.05, 4.69) is 19.9 Å². The van der Waals surface area contributed by atoms with E-state index < -0.39 is 10.0 Å². The van der Waals surface area contributed by atoms with Crippen LogP contribution in [0.15, 0.2) is 53.4 Å². The smallest absolute Gasteiger partial charge is 0.238 e. The van der Waals surface area contributed by atoms with Crippen LogP contribution in [0.4, 0.5) is 5.69 Å². The van der Waals surface area contributed by atoms with Gasteiger partial charge in [0.05, 0.1) is 10.6 Å². The maximum Gasteiger partial charge on any atom is 0.238 e. The number of fused-ring (bicyclic) bond motifs is 1. The number of nitrogens with zero attached hydrogens (tertiary/aromatic N) is 2. The number of primary sulfonamides is 1. The number of carbonyl (C=O) groups excluding carboxylic acids is 2. The number of ketones is 1. The molecule has 3 aromatic rings. The van der Waals surface area contributed by atoms with Gasteiger partial charge in [0.15, 0.2) is 5.78 Å². The minimum atomic E-state index is -3.82. The first kappa shape index (κ1) is 24.9. The van der Waals surface area contributed by atoms with Gasteiger partial charge >= 0.3 is 0 Å². The zero-order chi connectivity index (χ0) is 25.7. The predicted octanol–water partition coefficient (Wildman–Crippen LogP) is 4.73. The second-order valence-electron chi connectivity index (χ2n) is 9.72. The number of aromatic nitrogens is 1. The molecule has 2 N–H and O–H groups in total. The Balaban J connectivity index is 1.95. The lowest BCUT2D eigenvalue weighted by Gasteiger charge is -2.39. The van der Waals surface area contributed by atoms with Crippen molar-refractivity contribution >= 4 is 27.4 Å². The van der Waals surface area contributed by atoms with Crippen molar-refractivity contribution in [2.45, 2.75) is 57.8 Å². The van der Waals surface area contributed by atoms with E-state index in [1.54, 1.807) is 19.1 Å². The van der Waals surface area contributed by atoms with Crippen LogP contribution in [0.5, 0.6) is 0 Å². The molecule has 1 aromatic heterocycles. The fraction of sp³-hybridized carbons (Fsp3) is 0.333. The summed E-state index contributed by atoms with van der Waals surface area (Å²) >= 11 is 0. The Morgan fingerprint density at radius 2 is 1.71 bits per heavy atom. The molecule has 4 rings (SSSR count). The Morgan fingerprint density at radius 3 is 2.29 bits per heavy atom. The number of benzene rings is 2. The average Bonchev–Trinajstić information content (AvgIpc) is 3.14. The maximum absolute atomic E-state index is 12.7. The van der Waals surface area contributed by atoms with Crippen LogP contribution in [-0.4, -0.2) is 31.2 Å². The second kappa shape index (κ2) is 8.77. The molecule has 0 radical (unpaired) electrons. The largest absolute Gasteiger partial charge is 0.313 e. The summed E-state index contributed by atoms with van der Waals surface area (Å²) in [6.45, 7) is 10.3. The second-order valence-corrected chi connectivity index (χ2v) is 11.3. The Kier molecular flexibility index (Phi) is 6.23. The van der Waals surface area contributed by atoms with Crippen LogP contribution < -0.4 is 10.0 Å². The van der Waals surface area contributed by atoms with E-state index in [1.165, 1.54) is 12.1 Å². The maximum atomic E-state index is 12.7. The molecule has 1 aliphatic rings. The standard InChI is InChI=1S/C27H31N3O4S/c1-6-26(32)22-16-24(30(17(22)2)20-8-10-21(11-9-20)35(28,33)34)19-7-12-23-25(15-19)29(18(3)31)14-13-27(23,4)5/h7-12,15-16H,6,13-14H2,1-5H3,(H2,28,33,34). The summed E-state index contributed by atoms with van der Waals surface area (Å²) in [5.74, 6) is 0.0130. The Morgan fingerprint density at radius 1 is 1.06 bits per heavy atom. The normalized spacial score (nSPS) is 15.1. The Hall–Kier alpha value is -3.23. The van der Waals surface area contributed by atoms with Gasteiger partial charge in [-0.05, 0) is 60.7 Å². The number of nitrogens with two attached hydrogens (primary N) is 1. The Labute approximate surface area is 206 Å². The van der Waals surface area contributed by atoms with Crippen molar-refractivity contribution < 1.29 is 18.0 Å². The lowest BCUT2D eigenvalue weighted by Crippen LogP contribution is -2.39. The molecule has 0 fully saturated rings.